The van der Waals surface area contributed by atoms with Gasteiger partial charge in [0.25, 0.3) is 11.8 Å². The SMILES string of the molecule is C[C@@H]1CN(C(=O)[C@@](C)(O)C(F)(F)F)CCN1C(=O)c1cccc2ccccc12. The van der Waals surface area contributed by atoms with E-state index in [2.05, 4.69) is 0 Å². The van der Waals surface area contributed by atoms with Crippen LogP contribution >= 0.6 is 0 Å². The average Bonchev–Trinajstić information content (AvgIpc) is 2.65. The van der Waals surface area contributed by atoms with E-state index < -0.39 is 23.7 Å². The first kappa shape index (κ1) is 20.1. The zero-order valence-electron chi connectivity index (χ0n) is 15.5. The number of amides is 2. The van der Waals surface area contributed by atoms with Crippen molar-refractivity contribution in [2.45, 2.75) is 31.7 Å². The van der Waals surface area contributed by atoms with Crippen LogP contribution in [0.15, 0.2) is 42.5 Å². The van der Waals surface area contributed by atoms with Crippen LogP contribution in [0.5, 0.6) is 0 Å². The van der Waals surface area contributed by atoms with Crippen LogP contribution in [0.3, 0.4) is 0 Å². The fourth-order valence-electron chi connectivity index (χ4n) is 3.44. The predicted molar refractivity (Wildman–Crippen MR) is 97.7 cm³/mol. The number of rotatable bonds is 2. The second-order valence-electron chi connectivity index (χ2n) is 7.20. The highest BCUT2D eigenvalue weighted by molar-refractivity contribution is 6.07. The van der Waals surface area contributed by atoms with Crippen LogP contribution in [0, 0.1) is 0 Å². The van der Waals surface area contributed by atoms with Crippen LogP contribution in [-0.4, -0.2) is 64.2 Å². The van der Waals surface area contributed by atoms with Gasteiger partial charge in [-0.3, -0.25) is 9.59 Å². The number of alkyl halides is 3. The van der Waals surface area contributed by atoms with Gasteiger partial charge in [0.15, 0.2) is 0 Å². The van der Waals surface area contributed by atoms with Crippen molar-refractivity contribution in [2.75, 3.05) is 19.6 Å². The lowest BCUT2D eigenvalue weighted by molar-refractivity contribution is -0.250. The summed E-state index contributed by atoms with van der Waals surface area (Å²) in [5.41, 5.74) is -2.94. The number of aliphatic hydroxyl groups is 1. The Morgan fingerprint density at radius 1 is 1.07 bits per heavy atom. The molecule has 3 rings (SSSR count). The molecule has 5 nitrogen and oxygen atoms in total. The minimum absolute atomic E-state index is 0.0775. The molecule has 0 unspecified atom stereocenters. The van der Waals surface area contributed by atoms with E-state index >= 15 is 0 Å². The van der Waals surface area contributed by atoms with Gasteiger partial charge in [0, 0.05) is 31.2 Å². The maximum atomic E-state index is 13.0. The van der Waals surface area contributed by atoms with Gasteiger partial charge >= 0.3 is 6.18 Å². The molecule has 0 aromatic heterocycles. The van der Waals surface area contributed by atoms with E-state index in [9.17, 15) is 27.9 Å². The number of halogens is 3. The summed E-state index contributed by atoms with van der Waals surface area (Å²) in [4.78, 5) is 27.7. The van der Waals surface area contributed by atoms with E-state index in [0.29, 0.717) is 12.5 Å². The third kappa shape index (κ3) is 3.44. The first-order valence-corrected chi connectivity index (χ1v) is 8.91. The number of hydrogen-bond donors (Lipinski definition) is 1. The van der Waals surface area contributed by atoms with Gasteiger partial charge in [0.05, 0.1) is 0 Å². The van der Waals surface area contributed by atoms with Crippen molar-refractivity contribution in [2.24, 2.45) is 0 Å². The molecule has 1 aliphatic heterocycles. The van der Waals surface area contributed by atoms with Gasteiger partial charge in [0.1, 0.15) is 0 Å². The van der Waals surface area contributed by atoms with E-state index in [4.69, 9.17) is 0 Å². The lowest BCUT2D eigenvalue weighted by Crippen LogP contribution is -2.62. The van der Waals surface area contributed by atoms with E-state index in [0.717, 1.165) is 15.7 Å². The number of benzene rings is 2. The molecular weight excluding hydrogens is 373 g/mol. The second-order valence-corrected chi connectivity index (χ2v) is 7.20. The predicted octanol–water partition coefficient (Wildman–Crippen LogP) is 2.83. The van der Waals surface area contributed by atoms with Gasteiger partial charge in [-0.1, -0.05) is 36.4 Å². The van der Waals surface area contributed by atoms with Crippen molar-refractivity contribution in [1.82, 2.24) is 9.80 Å². The molecular formula is C20H21F3N2O3. The van der Waals surface area contributed by atoms with Gasteiger partial charge in [0.2, 0.25) is 5.60 Å². The Kier molecular flexibility index (Phi) is 5.10. The summed E-state index contributed by atoms with van der Waals surface area (Å²) in [5, 5.41) is 11.3. The normalized spacial score (nSPS) is 20.1. The molecule has 1 fully saturated rings. The topological polar surface area (TPSA) is 60.9 Å². The van der Waals surface area contributed by atoms with Crippen LogP contribution in [0.4, 0.5) is 13.2 Å². The van der Waals surface area contributed by atoms with Crippen molar-refractivity contribution in [3.8, 4) is 0 Å². The van der Waals surface area contributed by atoms with Crippen LogP contribution < -0.4 is 0 Å². The maximum absolute atomic E-state index is 13.0. The quantitative estimate of drug-likeness (QED) is 0.852. The molecule has 0 radical (unpaired) electrons. The lowest BCUT2D eigenvalue weighted by atomic mass is 10.0. The largest absolute Gasteiger partial charge is 0.426 e. The number of piperazine rings is 1. The van der Waals surface area contributed by atoms with Crippen LogP contribution in [0.25, 0.3) is 10.8 Å². The third-order valence-electron chi connectivity index (χ3n) is 5.16. The van der Waals surface area contributed by atoms with Gasteiger partial charge in [-0.05, 0) is 30.7 Å². The summed E-state index contributed by atoms with van der Waals surface area (Å²) in [6.07, 6.45) is -5.07. The first-order valence-electron chi connectivity index (χ1n) is 8.91. The lowest BCUT2D eigenvalue weighted by Gasteiger charge is -2.42. The molecule has 0 saturated carbocycles. The van der Waals surface area contributed by atoms with E-state index in [-0.39, 0.29) is 25.5 Å². The number of carbonyl (C=O) groups excluding carboxylic acids is 2. The highest BCUT2D eigenvalue weighted by Crippen LogP contribution is 2.32. The van der Waals surface area contributed by atoms with E-state index in [1.54, 1.807) is 24.0 Å². The first-order chi connectivity index (χ1) is 13.0. The number of carbonyl (C=O) groups is 2. The summed E-state index contributed by atoms with van der Waals surface area (Å²) in [7, 11) is 0. The summed E-state index contributed by atoms with van der Waals surface area (Å²) >= 11 is 0. The second kappa shape index (κ2) is 7.09. The summed E-state index contributed by atoms with van der Waals surface area (Å²) < 4.78 is 38.8. The van der Waals surface area contributed by atoms with E-state index in [1.165, 1.54) is 0 Å². The molecule has 1 N–H and O–H groups in total. The molecule has 0 bridgehead atoms. The zero-order valence-corrected chi connectivity index (χ0v) is 15.5. The smallest absolute Gasteiger partial charge is 0.373 e. The van der Waals surface area contributed by atoms with Crippen LogP contribution in [0.2, 0.25) is 0 Å². The average molecular weight is 394 g/mol. The molecule has 1 aliphatic rings. The Morgan fingerprint density at radius 2 is 1.71 bits per heavy atom. The molecule has 28 heavy (non-hydrogen) atoms. The summed E-state index contributed by atoms with van der Waals surface area (Å²) in [5.74, 6) is -1.64. The van der Waals surface area contributed by atoms with Crippen LogP contribution in [-0.2, 0) is 4.79 Å². The minimum Gasteiger partial charge on any atom is -0.373 e. The Bertz CT molecular complexity index is 906. The molecule has 8 heteroatoms. The molecule has 1 heterocycles. The Balaban J connectivity index is 1.79. The number of fused-ring (bicyclic) bond motifs is 1. The Hall–Kier alpha value is -2.61. The highest BCUT2D eigenvalue weighted by Gasteiger charge is 2.57. The standard InChI is InChI=1S/C20H21F3N2O3/c1-13-12-24(18(27)19(2,28)20(21,22)23)10-11-25(13)17(26)16-9-5-7-14-6-3-4-8-15(14)16/h3-9,13,28H,10-12H2,1-2H3/t13-,19-/m1/s1. The number of nitrogens with zero attached hydrogens (tertiary/aromatic N) is 2. The molecule has 0 spiro atoms. The minimum atomic E-state index is -5.07. The van der Waals surface area contributed by atoms with Gasteiger partial charge in [-0.2, -0.15) is 13.2 Å². The molecule has 1 saturated heterocycles. The maximum Gasteiger partial charge on any atom is 0.426 e. The molecule has 2 amide bonds. The molecule has 2 aromatic carbocycles. The van der Waals surface area contributed by atoms with Crippen molar-refractivity contribution < 1.29 is 27.9 Å². The zero-order chi connectivity index (χ0) is 20.7. The molecule has 2 atom stereocenters. The Labute approximate surface area is 160 Å². The fourth-order valence-corrected chi connectivity index (χ4v) is 3.44. The summed E-state index contributed by atoms with van der Waals surface area (Å²) in [6.45, 7) is 2.05. The van der Waals surface area contributed by atoms with Gasteiger partial charge < -0.3 is 14.9 Å². The molecule has 2 aromatic rings. The van der Waals surface area contributed by atoms with Gasteiger partial charge in [-0.25, -0.2) is 0 Å². The molecule has 150 valence electrons. The van der Waals surface area contributed by atoms with Crippen molar-refractivity contribution in [3.63, 3.8) is 0 Å². The number of hydrogen-bond acceptors (Lipinski definition) is 3. The van der Waals surface area contributed by atoms with Crippen molar-refractivity contribution >= 4 is 22.6 Å². The summed E-state index contributed by atoms with van der Waals surface area (Å²) in [6, 6.07) is 12.3. The fraction of sp³-hybridized carbons (Fsp3) is 0.400. The van der Waals surface area contributed by atoms with Gasteiger partial charge in [-0.15, -0.1) is 0 Å². The Morgan fingerprint density at radius 3 is 2.36 bits per heavy atom. The third-order valence-corrected chi connectivity index (χ3v) is 5.16. The monoisotopic (exact) mass is 394 g/mol. The highest BCUT2D eigenvalue weighted by atomic mass is 19.4. The molecule has 0 aliphatic carbocycles. The van der Waals surface area contributed by atoms with E-state index in [1.807, 2.05) is 30.3 Å². The van der Waals surface area contributed by atoms with Crippen molar-refractivity contribution in [1.29, 1.82) is 0 Å². The van der Waals surface area contributed by atoms with Crippen molar-refractivity contribution in [3.05, 3.63) is 48.0 Å². The van der Waals surface area contributed by atoms with Crippen LogP contribution in [0.1, 0.15) is 24.2 Å².